The van der Waals surface area contributed by atoms with Crippen molar-refractivity contribution in [2.24, 2.45) is 11.7 Å². The lowest BCUT2D eigenvalue weighted by atomic mass is 10.1. The fourth-order valence-corrected chi connectivity index (χ4v) is 1.21. The van der Waals surface area contributed by atoms with Crippen molar-refractivity contribution in [3.63, 3.8) is 0 Å². The molecule has 116 valence electrons. The number of alkyl halides is 6. The van der Waals surface area contributed by atoms with Crippen molar-refractivity contribution in [3.8, 4) is 0 Å². The summed E-state index contributed by atoms with van der Waals surface area (Å²) in [6.45, 7) is -2.90. The lowest BCUT2D eigenvalue weighted by Crippen LogP contribution is -2.52. The number of carbonyl (C=O) groups is 3. The summed E-state index contributed by atoms with van der Waals surface area (Å²) in [6, 6.07) is 0. The van der Waals surface area contributed by atoms with E-state index in [-0.39, 0.29) is 0 Å². The molecule has 0 saturated heterocycles. The van der Waals surface area contributed by atoms with Crippen LogP contribution in [0.1, 0.15) is 0 Å². The molecule has 6 nitrogen and oxygen atoms in total. The zero-order valence-corrected chi connectivity index (χ0v) is 9.46. The number of rotatable bonds is 5. The van der Waals surface area contributed by atoms with Gasteiger partial charge < -0.3 is 15.7 Å². The van der Waals surface area contributed by atoms with Crippen molar-refractivity contribution >= 4 is 17.8 Å². The van der Waals surface area contributed by atoms with Crippen LogP contribution in [0.5, 0.6) is 0 Å². The zero-order chi connectivity index (χ0) is 16.3. The fourth-order valence-electron chi connectivity index (χ4n) is 1.21. The van der Waals surface area contributed by atoms with Gasteiger partial charge in [-0.3, -0.25) is 14.4 Å². The van der Waals surface area contributed by atoms with E-state index in [0.29, 0.717) is 0 Å². The van der Waals surface area contributed by atoms with Crippen LogP contribution in [-0.2, 0) is 14.4 Å². The van der Waals surface area contributed by atoms with Gasteiger partial charge in [0.05, 0.1) is 6.54 Å². The summed E-state index contributed by atoms with van der Waals surface area (Å²) in [7, 11) is 0. The summed E-state index contributed by atoms with van der Waals surface area (Å²) >= 11 is 0. The molecule has 0 aromatic heterocycles. The lowest BCUT2D eigenvalue weighted by Gasteiger charge is -2.27. The van der Waals surface area contributed by atoms with Gasteiger partial charge in [-0.2, -0.15) is 26.3 Å². The van der Waals surface area contributed by atoms with Crippen LogP contribution in [0, 0.1) is 5.92 Å². The molecular formula is C8H8F6N2O4. The van der Waals surface area contributed by atoms with Gasteiger partial charge in [0, 0.05) is 0 Å². The first kappa shape index (κ1) is 18.0. The highest BCUT2D eigenvalue weighted by Gasteiger charge is 2.62. The molecule has 0 rings (SSSR count). The Bertz CT molecular complexity index is 375. The number of carbonyl (C=O) groups excluding carboxylic acids is 2. The standard InChI is InChI=1S/C8H8F6N2O4/c9-7(10,11)5(8(12,13)14)6(20)16(1-3(15)17)2-4(18)19/h5H,1-2H2,(H2,15,17)(H,18,19). The summed E-state index contributed by atoms with van der Waals surface area (Å²) in [5, 5.41) is 8.32. The molecule has 0 aromatic rings. The molecule has 2 amide bonds. The third-order valence-electron chi connectivity index (χ3n) is 1.89. The lowest BCUT2D eigenvalue weighted by molar-refractivity contribution is -0.277. The molecule has 0 aromatic carbocycles. The minimum atomic E-state index is -5.98. The molecule has 12 heteroatoms. The Hall–Kier alpha value is -2.01. The molecule has 0 radical (unpaired) electrons. The number of carboxylic acid groups (broad SMARTS) is 1. The van der Waals surface area contributed by atoms with Gasteiger partial charge in [0.25, 0.3) is 0 Å². The van der Waals surface area contributed by atoms with Crippen LogP contribution in [0.2, 0.25) is 0 Å². The van der Waals surface area contributed by atoms with Crippen molar-refractivity contribution in [1.82, 2.24) is 4.90 Å². The number of hydrogen-bond donors (Lipinski definition) is 2. The van der Waals surface area contributed by atoms with E-state index in [1.54, 1.807) is 0 Å². The van der Waals surface area contributed by atoms with E-state index in [4.69, 9.17) is 5.11 Å². The number of nitrogens with two attached hydrogens (primary N) is 1. The Labute approximate surface area is 107 Å². The maximum Gasteiger partial charge on any atom is 0.409 e. The Morgan fingerprint density at radius 2 is 1.40 bits per heavy atom. The van der Waals surface area contributed by atoms with Gasteiger partial charge in [0.2, 0.25) is 17.7 Å². The number of halogens is 6. The van der Waals surface area contributed by atoms with E-state index in [1.807, 2.05) is 0 Å². The van der Waals surface area contributed by atoms with E-state index in [2.05, 4.69) is 5.73 Å². The Morgan fingerprint density at radius 3 is 1.65 bits per heavy atom. The van der Waals surface area contributed by atoms with Gasteiger partial charge in [0.15, 0.2) is 0 Å². The monoisotopic (exact) mass is 310 g/mol. The molecule has 0 aliphatic carbocycles. The van der Waals surface area contributed by atoms with E-state index in [1.165, 1.54) is 0 Å². The summed E-state index contributed by atoms with van der Waals surface area (Å²) in [4.78, 5) is 31.6. The fraction of sp³-hybridized carbons (Fsp3) is 0.625. The first-order chi connectivity index (χ1) is 8.76. The molecule has 0 saturated carbocycles. The second-order valence-corrected chi connectivity index (χ2v) is 3.57. The van der Waals surface area contributed by atoms with Gasteiger partial charge >= 0.3 is 18.3 Å². The molecule has 0 unspecified atom stereocenters. The second kappa shape index (κ2) is 5.96. The summed E-state index contributed by atoms with van der Waals surface area (Å²) < 4.78 is 73.6. The minimum Gasteiger partial charge on any atom is -0.480 e. The number of hydrogen-bond acceptors (Lipinski definition) is 3. The van der Waals surface area contributed by atoms with Crippen LogP contribution in [0.3, 0.4) is 0 Å². The van der Waals surface area contributed by atoms with Crippen molar-refractivity contribution in [1.29, 1.82) is 0 Å². The number of amides is 2. The second-order valence-electron chi connectivity index (χ2n) is 3.57. The minimum absolute atomic E-state index is 0.420. The molecule has 0 atom stereocenters. The quantitative estimate of drug-likeness (QED) is 0.705. The van der Waals surface area contributed by atoms with Crippen LogP contribution < -0.4 is 5.73 Å². The number of aliphatic carboxylic acids is 1. The molecule has 3 N–H and O–H groups in total. The molecule has 0 fully saturated rings. The topological polar surface area (TPSA) is 101 Å². The molecule has 0 heterocycles. The summed E-state index contributed by atoms with van der Waals surface area (Å²) in [5.74, 6) is -10.4. The predicted molar refractivity (Wildman–Crippen MR) is 49.0 cm³/mol. The Kier molecular flexibility index (Phi) is 5.36. The third-order valence-corrected chi connectivity index (χ3v) is 1.89. The zero-order valence-electron chi connectivity index (χ0n) is 9.46. The highest BCUT2D eigenvalue weighted by atomic mass is 19.4. The van der Waals surface area contributed by atoms with Gasteiger partial charge in [-0.1, -0.05) is 0 Å². The van der Waals surface area contributed by atoms with E-state index < -0.39 is 54.0 Å². The molecule has 0 bridgehead atoms. The van der Waals surface area contributed by atoms with E-state index in [9.17, 15) is 40.7 Å². The molecule has 0 aliphatic heterocycles. The SMILES string of the molecule is NC(=O)CN(CC(=O)O)C(=O)C(C(F)(F)F)C(F)(F)F. The van der Waals surface area contributed by atoms with Crippen molar-refractivity contribution in [2.75, 3.05) is 13.1 Å². The van der Waals surface area contributed by atoms with Crippen LogP contribution >= 0.6 is 0 Å². The average Bonchev–Trinajstić information content (AvgIpc) is 2.09. The van der Waals surface area contributed by atoms with Gasteiger partial charge in [-0.05, 0) is 0 Å². The normalized spacial score (nSPS) is 12.3. The largest absolute Gasteiger partial charge is 0.480 e. The van der Waals surface area contributed by atoms with Crippen molar-refractivity contribution in [2.45, 2.75) is 12.4 Å². The van der Waals surface area contributed by atoms with Crippen molar-refractivity contribution < 1.29 is 45.8 Å². The molecule has 20 heavy (non-hydrogen) atoms. The maximum absolute atomic E-state index is 12.3. The first-order valence-corrected chi connectivity index (χ1v) is 4.69. The maximum atomic E-state index is 12.3. The average molecular weight is 310 g/mol. The first-order valence-electron chi connectivity index (χ1n) is 4.69. The van der Waals surface area contributed by atoms with Gasteiger partial charge in [0.1, 0.15) is 6.54 Å². The third kappa shape index (κ3) is 5.32. The highest BCUT2D eigenvalue weighted by Crippen LogP contribution is 2.40. The summed E-state index contributed by atoms with van der Waals surface area (Å²) in [6.07, 6.45) is -12.0. The predicted octanol–water partition coefficient (Wildman–Crippen LogP) is 0.126. The van der Waals surface area contributed by atoms with Crippen LogP contribution in [0.25, 0.3) is 0 Å². The van der Waals surface area contributed by atoms with E-state index in [0.717, 1.165) is 0 Å². The number of primary amides is 1. The van der Waals surface area contributed by atoms with Gasteiger partial charge in [-0.25, -0.2) is 0 Å². The Morgan fingerprint density at radius 1 is 1.00 bits per heavy atom. The molecule has 0 spiro atoms. The van der Waals surface area contributed by atoms with Crippen LogP contribution in [0.4, 0.5) is 26.3 Å². The van der Waals surface area contributed by atoms with Gasteiger partial charge in [-0.15, -0.1) is 0 Å². The van der Waals surface area contributed by atoms with Crippen LogP contribution in [-0.4, -0.2) is 53.2 Å². The number of carboxylic acids is 1. The smallest absolute Gasteiger partial charge is 0.409 e. The highest BCUT2D eigenvalue weighted by molar-refractivity contribution is 5.88. The number of nitrogens with zero attached hydrogens (tertiary/aromatic N) is 1. The van der Waals surface area contributed by atoms with Crippen molar-refractivity contribution in [3.05, 3.63) is 0 Å². The summed E-state index contributed by atoms with van der Waals surface area (Å²) in [5.41, 5.74) is 4.54. The van der Waals surface area contributed by atoms with Crippen LogP contribution in [0.15, 0.2) is 0 Å². The van der Waals surface area contributed by atoms with E-state index >= 15 is 0 Å². The molecule has 0 aliphatic rings. The Balaban J connectivity index is 5.47. The molecular weight excluding hydrogens is 302 g/mol.